The molecule has 3 N–H and O–H groups in total. The first kappa shape index (κ1) is 11.9. The van der Waals surface area contributed by atoms with E-state index in [2.05, 4.69) is 15.2 Å². The lowest BCUT2D eigenvalue weighted by Gasteiger charge is -2.03. The van der Waals surface area contributed by atoms with Crippen molar-refractivity contribution >= 4 is 5.84 Å². The van der Waals surface area contributed by atoms with Crippen LogP contribution in [-0.2, 0) is 6.54 Å². The van der Waals surface area contributed by atoms with Crippen molar-refractivity contribution in [1.82, 2.24) is 14.8 Å². The molecular weight excluding hydrogens is 234 g/mol. The van der Waals surface area contributed by atoms with Gasteiger partial charge < -0.3 is 15.7 Å². The standard InChI is InChI=1S/C11H13N5O2/c1-2-16-7-9(6-14-16)18-8-3-4-10(13-5-8)11(12)15-17/h3-7,17H,2H2,1H3,(H2,12,15). The number of amidine groups is 1. The van der Waals surface area contributed by atoms with E-state index >= 15 is 0 Å². The van der Waals surface area contributed by atoms with Crippen molar-refractivity contribution in [3.8, 4) is 11.5 Å². The molecule has 94 valence electrons. The van der Waals surface area contributed by atoms with Crippen molar-refractivity contribution in [2.24, 2.45) is 10.9 Å². The Kier molecular flexibility index (Phi) is 3.42. The predicted molar refractivity (Wildman–Crippen MR) is 64.7 cm³/mol. The summed E-state index contributed by atoms with van der Waals surface area (Å²) in [5.41, 5.74) is 5.79. The van der Waals surface area contributed by atoms with Crippen LogP contribution >= 0.6 is 0 Å². The van der Waals surface area contributed by atoms with Crippen LogP contribution in [0.1, 0.15) is 12.6 Å². The van der Waals surface area contributed by atoms with Gasteiger partial charge in [0.25, 0.3) is 0 Å². The molecule has 0 fully saturated rings. The van der Waals surface area contributed by atoms with E-state index in [0.717, 1.165) is 6.54 Å². The topological polar surface area (TPSA) is 98.5 Å². The number of aromatic nitrogens is 3. The normalized spacial score (nSPS) is 11.5. The third-order valence-electron chi connectivity index (χ3n) is 2.28. The Morgan fingerprint density at radius 2 is 2.28 bits per heavy atom. The molecule has 0 bridgehead atoms. The molecule has 0 aliphatic rings. The Hall–Kier alpha value is -2.57. The van der Waals surface area contributed by atoms with Gasteiger partial charge in [0, 0.05) is 6.54 Å². The van der Waals surface area contributed by atoms with E-state index in [1.54, 1.807) is 29.2 Å². The predicted octanol–water partition coefficient (Wildman–Crippen LogP) is 1.18. The Bertz CT molecular complexity index is 547. The van der Waals surface area contributed by atoms with Crippen molar-refractivity contribution in [2.75, 3.05) is 0 Å². The molecule has 0 amide bonds. The number of aryl methyl sites for hydroxylation is 1. The van der Waals surface area contributed by atoms with E-state index in [1.165, 1.54) is 6.20 Å². The molecule has 0 aliphatic carbocycles. The van der Waals surface area contributed by atoms with E-state index in [-0.39, 0.29) is 5.84 Å². The van der Waals surface area contributed by atoms with Crippen LogP contribution in [0.3, 0.4) is 0 Å². The molecule has 2 aromatic rings. The average Bonchev–Trinajstić information content (AvgIpc) is 2.86. The molecule has 7 nitrogen and oxygen atoms in total. The van der Waals surface area contributed by atoms with Crippen LogP contribution in [-0.4, -0.2) is 25.8 Å². The number of rotatable bonds is 4. The van der Waals surface area contributed by atoms with Gasteiger partial charge in [0.15, 0.2) is 11.6 Å². The minimum Gasteiger partial charge on any atom is -0.452 e. The lowest BCUT2D eigenvalue weighted by atomic mass is 10.3. The van der Waals surface area contributed by atoms with Crippen LogP contribution in [0.25, 0.3) is 0 Å². The second kappa shape index (κ2) is 5.17. The molecule has 2 rings (SSSR count). The van der Waals surface area contributed by atoms with Gasteiger partial charge in [-0.1, -0.05) is 5.16 Å². The fourth-order valence-electron chi connectivity index (χ4n) is 1.35. The number of hydrogen-bond donors (Lipinski definition) is 2. The third-order valence-corrected chi connectivity index (χ3v) is 2.28. The highest BCUT2D eigenvalue weighted by Gasteiger charge is 2.03. The van der Waals surface area contributed by atoms with Gasteiger partial charge >= 0.3 is 0 Å². The van der Waals surface area contributed by atoms with E-state index in [4.69, 9.17) is 15.7 Å². The summed E-state index contributed by atoms with van der Waals surface area (Å²) >= 11 is 0. The van der Waals surface area contributed by atoms with Crippen molar-refractivity contribution in [3.63, 3.8) is 0 Å². The summed E-state index contributed by atoms with van der Waals surface area (Å²) < 4.78 is 7.30. The summed E-state index contributed by atoms with van der Waals surface area (Å²) in [6, 6.07) is 3.29. The quantitative estimate of drug-likeness (QED) is 0.366. The Labute approximate surface area is 104 Å². The highest BCUT2D eigenvalue weighted by atomic mass is 16.5. The maximum atomic E-state index is 8.50. The van der Waals surface area contributed by atoms with Crippen molar-refractivity contribution < 1.29 is 9.94 Å². The molecule has 0 saturated heterocycles. The fraction of sp³-hybridized carbons (Fsp3) is 0.182. The van der Waals surface area contributed by atoms with Gasteiger partial charge in [0.2, 0.25) is 0 Å². The van der Waals surface area contributed by atoms with E-state index in [9.17, 15) is 0 Å². The maximum Gasteiger partial charge on any atom is 0.188 e. The third kappa shape index (κ3) is 2.57. The van der Waals surface area contributed by atoms with Gasteiger partial charge in [0.1, 0.15) is 11.4 Å². The smallest absolute Gasteiger partial charge is 0.188 e. The number of hydrogen-bond acceptors (Lipinski definition) is 5. The van der Waals surface area contributed by atoms with Crippen LogP contribution in [0.5, 0.6) is 11.5 Å². The summed E-state index contributed by atoms with van der Waals surface area (Å²) in [4.78, 5) is 4.00. The summed E-state index contributed by atoms with van der Waals surface area (Å²) in [6.45, 7) is 2.77. The molecule has 7 heteroatoms. The molecule has 2 heterocycles. The summed E-state index contributed by atoms with van der Waals surface area (Å²) in [7, 11) is 0. The first-order chi connectivity index (χ1) is 8.72. The second-order valence-electron chi connectivity index (χ2n) is 3.50. The zero-order valence-electron chi connectivity index (χ0n) is 9.82. The summed E-state index contributed by atoms with van der Waals surface area (Å²) in [6.07, 6.45) is 4.91. The molecule has 0 saturated carbocycles. The molecule has 0 unspecified atom stereocenters. The monoisotopic (exact) mass is 247 g/mol. The molecule has 2 aromatic heterocycles. The van der Waals surface area contributed by atoms with Gasteiger partial charge in [-0.25, -0.2) is 4.98 Å². The highest BCUT2D eigenvalue weighted by Crippen LogP contribution is 2.19. The Balaban J connectivity index is 2.10. The van der Waals surface area contributed by atoms with Crippen molar-refractivity contribution in [2.45, 2.75) is 13.5 Å². The van der Waals surface area contributed by atoms with Gasteiger partial charge in [-0.15, -0.1) is 0 Å². The van der Waals surface area contributed by atoms with Crippen molar-refractivity contribution in [3.05, 3.63) is 36.4 Å². The zero-order chi connectivity index (χ0) is 13.0. The largest absolute Gasteiger partial charge is 0.452 e. The fourth-order valence-corrected chi connectivity index (χ4v) is 1.35. The summed E-state index contributed by atoms with van der Waals surface area (Å²) in [5, 5.41) is 15.5. The average molecular weight is 247 g/mol. The molecule has 0 aromatic carbocycles. The molecule has 0 spiro atoms. The lowest BCUT2D eigenvalue weighted by molar-refractivity contribution is 0.318. The van der Waals surface area contributed by atoms with Crippen LogP contribution in [0.15, 0.2) is 35.9 Å². The minimum absolute atomic E-state index is 0.0413. The number of ether oxygens (including phenoxy) is 1. The number of pyridine rings is 1. The Morgan fingerprint density at radius 3 is 2.83 bits per heavy atom. The maximum absolute atomic E-state index is 8.50. The molecule has 18 heavy (non-hydrogen) atoms. The van der Waals surface area contributed by atoms with Gasteiger partial charge in [0.05, 0.1) is 18.6 Å². The van der Waals surface area contributed by atoms with Gasteiger partial charge in [-0.3, -0.25) is 4.68 Å². The van der Waals surface area contributed by atoms with Crippen molar-refractivity contribution in [1.29, 1.82) is 0 Å². The lowest BCUT2D eigenvalue weighted by Crippen LogP contribution is -2.14. The van der Waals surface area contributed by atoms with Gasteiger partial charge in [-0.2, -0.15) is 5.10 Å². The minimum atomic E-state index is -0.0413. The van der Waals surface area contributed by atoms with Crippen LogP contribution < -0.4 is 10.5 Å². The van der Waals surface area contributed by atoms with Crippen LogP contribution in [0.2, 0.25) is 0 Å². The van der Waals surface area contributed by atoms with E-state index in [1.807, 2.05) is 6.92 Å². The molecule has 0 aliphatic heterocycles. The van der Waals surface area contributed by atoms with Crippen LogP contribution in [0.4, 0.5) is 0 Å². The van der Waals surface area contributed by atoms with Crippen LogP contribution in [0, 0.1) is 0 Å². The van der Waals surface area contributed by atoms with E-state index < -0.39 is 0 Å². The molecule has 0 radical (unpaired) electrons. The summed E-state index contributed by atoms with van der Waals surface area (Å²) in [5.74, 6) is 1.15. The first-order valence-corrected chi connectivity index (χ1v) is 5.37. The molecular formula is C11H13N5O2. The first-order valence-electron chi connectivity index (χ1n) is 5.37. The number of nitrogens with zero attached hydrogens (tertiary/aromatic N) is 4. The highest BCUT2D eigenvalue weighted by molar-refractivity contribution is 5.95. The molecule has 0 atom stereocenters. The number of nitrogens with two attached hydrogens (primary N) is 1. The van der Waals surface area contributed by atoms with Gasteiger partial charge in [-0.05, 0) is 19.1 Å². The van der Waals surface area contributed by atoms with E-state index in [0.29, 0.717) is 17.2 Å². The SMILES string of the molecule is CCn1cc(Oc2ccc(/C(N)=N/O)nc2)cn1. The number of oxime groups is 1. The second-order valence-corrected chi connectivity index (χ2v) is 3.50. The zero-order valence-corrected chi connectivity index (χ0v) is 9.82. The Morgan fingerprint density at radius 1 is 1.44 bits per heavy atom.